The molecule has 2 N–H and O–H groups in total. The lowest BCUT2D eigenvalue weighted by Gasteiger charge is -2.43. The number of likely N-dealkylation sites (tertiary alicyclic amines) is 1. The van der Waals surface area contributed by atoms with E-state index < -0.39 is 5.54 Å². The molecule has 6 heteroatoms. The molecule has 0 spiro atoms. The van der Waals surface area contributed by atoms with Gasteiger partial charge in [0.25, 0.3) is 0 Å². The maximum atomic E-state index is 12.7. The summed E-state index contributed by atoms with van der Waals surface area (Å²) in [6.07, 6.45) is 7.97. The van der Waals surface area contributed by atoms with Gasteiger partial charge in [0, 0.05) is 32.5 Å². The number of guanidine groups is 1. The molecule has 2 atom stereocenters. The minimum Gasteiger partial charge on any atom is -0.369 e. The lowest BCUT2D eigenvalue weighted by molar-refractivity contribution is -0.135. The molecule has 134 valence electrons. The van der Waals surface area contributed by atoms with Crippen molar-refractivity contribution in [1.82, 2.24) is 9.80 Å². The summed E-state index contributed by atoms with van der Waals surface area (Å²) in [6.45, 7) is 3.56. The van der Waals surface area contributed by atoms with Crippen molar-refractivity contribution in [1.29, 1.82) is 0 Å². The fourth-order valence-corrected chi connectivity index (χ4v) is 4.47. The fraction of sp³-hybridized carbons (Fsp3) is 0.833. The first-order valence-corrected chi connectivity index (χ1v) is 9.29. The highest BCUT2D eigenvalue weighted by atomic mass is 16.2. The standard InChI is InChI=1S/C18H30N4O2/c1-18(11-16(24)21(2)17(19)20-18)14-8-5-9-22(12-14)15(23)10-13-6-3-4-7-13/h13-14H,3-12H2,1-2H3,(H2,19,20)/t14?,18-/m0/s1. The molecule has 1 saturated carbocycles. The quantitative estimate of drug-likeness (QED) is 0.854. The summed E-state index contributed by atoms with van der Waals surface area (Å²) in [4.78, 5) is 32.9. The Bertz CT molecular complexity index is 541. The van der Waals surface area contributed by atoms with Crippen molar-refractivity contribution in [3.63, 3.8) is 0 Å². The van der Waals surface area contributed by atoms with E-state index in [1.54, 1.807) is 7.05 Å². The molecular weight excluding hydrogens is 304 g/mol. The van der Waals surface area contributed by atoms with Gasteiger partial charge in [0.15, 0.2) is 5.96 Å². The molecule has 0 aromatic carbocycles. The summed E-state index contributed by atoms with van der Waals surface area (Å²) in [5.74, 6) is 1.37. The van der Waals surface area contributed by atoms with Crippen LogP contribution in [-0.2, 0) is 9.59 Å². The summed E-state index contributed by atoms with van der Waals surface area (Å²) < 4.78 is 0. The number of carbonyl (C=O) groups is 2. The first-order chi connectivity index (χ1) is 11.4. The van der Waals surface area contributed by atoms with E-state index in [0.717, 1.165) is 19.4 Å². The van der Waals surface area contributed by atoms with Crippen LogP contribution in [0.3, 0.4) is 0 Å². The molecule has 2 aliphatic heterocycles. The summed E-state index contributed by atoms with van der Waals surface area (Å²) in [6, 6.07) is 0. The third kappa shape index (κ3) is 3.42. The van der Waals surface area contributed by atoms with Crippen LogP contribution >= 0.6 is 0 Å². The normalized spacial score (nSPS) is 32.2. The van der Waals surface area contributed by atoms with Gasteiger partial charge in [0.05, 0.1) is 12.0 Å². The second-order valence-corrected chi connectivity index (χ2v) is 7.99. The summed E-state index contributed by atoms with van der Waals surface area (Å²) in [5, 5.41) is 0. The Hall–Kier alpha value is -1.59. The number of rotatable bonds is 3. The van der Waals surface area contributed by atoms with Crippen molar-refractivity contribution in [3.05, 3.63) is 0 Å². The van der Waals surface area contributed by atoms with Crippen molar-refractivity contribution < 1.29 is 9.59 Å². The molecule has 0 radical (unpaired) electrons. The maximum absolute atomic E-state index is 12.7. The van der Waals surface area contributed by atoms with Crippen molar-refractivity contribution >= 4 is 17.8 Å². The third-order valence-electron chi connectivity index (χ3n) is 6.19. The molecule has 1 unspecified atom stereocenters. The van der Waals surface area contributed by atoms with Crippen LogP contribution in [0.25, 0.3) is 0 Å². The molecule has 3 rings (SSSR count). The minimum absolute atomic E-state index is 0.0133. The van der Waals surface area contributed by atoms with E-state index in [1.807, 2.05) is 11.8 Å². The molecule has 1 aliphatic carbocycles. The first-order valence-electron chi connectivity index (χ1n) is 9.29. The van der Waals surface area contributed by atoms with E-state index in [0.29, 0.717) is 31.3 Å². The SMILES string of the molecule is CN1C(=O)C[C@@](C)(C2CCCN(C(=O)CC3CCCC3)C2)N=C1N. The van der Waals surface area contributed by atoms with Crippen molar-refractivity contribution in [2.75, 3.05) is 20.1 Å². The van der Waals surface area contributed by atoms with Gasteiger partial charge in [-0.2, -0.15) is 0 Å². The molecule has 24 heavy (non-hydrogen) atoms. The van der Waals surface area contributed by atoms with Gasteiger partial charge in [-0.05, 0) is 38.5 Å². The average molecular weight is 334 g/mol. The zero-order valence-electron chi connectivity index (χ0n) is 15.0. The Morgan fingerprint density at radius 3 is 2.67 bits per heavy atom. The third-order valence-corrected chi connectivity index (χ3v) is 6.19. The molecule has 2 amide bonds. The van der Waals surface area contributed by atoms with E-state index in [-0.39, 0.29) is 17.7 Å². The van der Waals surface area contributed by atoms with Gasteiger partial charge in [-0.25, -0.2) is 4.99 Å². The highest BCUT2D eigenvalue weighted by molar-refractivity contribution is 5.98. The molecule has 0 bridgehead atoms. The largest absolute Gasteiger partial charge is 0.369 e. The average Bonchev–Trinajstić information content (AvgIpc) is 3.05. The van der Waals surface area contributed by atoms with Crippen molar-refractivity contribution in [3.8, 4) is 0 Å². The van der Waals surface area contributed by atoms with Crippen LogP contribution in [-0.4, -0.2) is 53.2 Å². The molecule has 3 aliphatic rings. The van der Waals surface area contributed by atoms with Gasteiger partial charge in [0.1, 0.15) is 0 Å². The summed E-state index contributed by atoms with van der Waals surface area (Å²) in [5.41, 5.74) is 5.44. The Morgan fingerprint density at radius 2 is 2.00 bits per heavy atom. The second-order valence-electron chi connectivity index (χ2n) is 7.99. The highest BCUT2D eigenvalue weighted by Crippen LogP contribution is 2.36. The number of piperidine rings is 1. The van der Waals surface area contributed by atoms with Crippen LogP contribution in [0.1, 0.15) is 58.3 Å². The molecular formula is C18H30N4O2. The van der Waals surface area contributed by atoms with Gasteiger partial charge in [-0.15, -0.1) is 0 Å². The molecule has 2 heterocycles. The predicted octanol–water partition coefficient (Wildman–Crippen LogP) is 1.74. The lowest BCUT2D eigenvalue weighted by atomic mass is 9.77. The smallest absolute Gasteiger partial charge is 0.231 e. The fourth-order valence-electron chi connectivity index (χ4n) is 4.47. The first kappa shape index (κ1) is 17.2. The lowest BCUT2D eigenvalue weighted by Crippen LogP contribution is -2.54. The van der Waals surface area contributed by atoms with Crippen LogP contribution in [0.4, 0.5) is 0 Å². The van der Waals surface area contributed by atoms with E-state index >= 15 is 0 Å². The Labute approximate surface area is 144 Å². The van der Waals surface area contributed by atoms with Gasteiger partial charge in [-0.1, -0.05) is 12.8 Å². The zero-order chi connectivity index (χ0) is 17.3. The molecule has 6 nitrogen and oxygen atoms in total. The van der Waals surface area contributed by atoms with Gasteiger partial charge >= 0.3 is 0 Å². The Morgan fingerprint density at radius 1 is 1.29 bits per heavy atom. The van der Waals surface area contributed by atoms with Gasteiger partial charge in [0.2, 0.25) is 11.8 Å². The molecule has 1 saturated heterocycles. The van der Waals surface area contributed by atoms with Crippen LogP contribution < -0.4 is 5.73 Å². The van der Waals surface area contributed by atoms with Gasteiger partial charge in [-0.3, -0.25) is 14.5 Å². The number of hydrogen-bond acceptors (Lipinski definition) is 4. The number of hydrogen-bond donors (Lipinski definition) is 1. The van der Waals surface area contributed by atoms with Crippen LogP contribution in [0, 0.1) is 11.8 Å². The predicted molar refractivity (Wildman–Crippen MR) is 93.3 cm³/mol. The summed E-state index contributed by atoms with van der Waals surface area (Å²) in [7, 11) is 1.67. The van der Waals surface area contributed by atoms with E-state index in [1.165, 1.54) is 30.6 Å². The Balaban J connectivity index is 1.66. The maximum Gasteiger partial charge on any atom is 0.231 e. The zero-order valence-corrected chi connectivity index (χ0v) is 15.0. The molecule has 2 fully saturated rings. The van der Waals surface area contributed by atoms with Gasteiger partial charge < -0.3 is 10.6 Å². The molecule has 0 aromatic rings. The number of amides is 2. The van der Waals surface area contributed by atoms with E-state index in [9.17, 15) is 9.59 Å². The van der Waals surface area contributed by atoms with Crippen LogP contribution in [0.15, 0.2) is 4.99 Å². The Kier molecular flexibility index (Phi) is 4.83. The number of nitrogens with zero attached hydrogens (tertiary/aromatic N) is 3. The van der Waals surface area contributed by atoms with Crippen molar-refractivity contribution in [2.45, 2.75) is 63.8 Å². The highest BCUT2D eigenvalue weighted by Gasteiger charge is 2.43. The number of carbonyl (C=O) groups excluding carboxylic acids is 2. The van der Waals surface area contributed by atoms with Crippen LogP contribution in [0.2, 0.25) is 0 Å². The monoisotopic (exact) mass is 334 g/mol. The second kappa shape index (κ2) is 6.73. The van der Waals surface area contributed by atoms with E-state index in [2.05, 4.69) is 4.99 Å². The minimum atomic E-state index is -0.486. The van der Waals surface area contributed by atoms with Crippen LogP contribution in [0.5, 0.6) is 0 Å². The summed E-state index contributed by atoms with van der Waals surface area (Å²) >= 11 is 0. The molecule has 0 aromatic heterocycles. The van der Waals surface area contributed by atoms with E-state index in [4.69, 9.17) is 5.73 Å². The topological polar surface area (TPSA) is 79.0 Å². The number of nitrogens with two attached hydrogens (primary N) is 1. The number of aliphatic imine (C=N–C) groups is 1. The van der Waals surface area contributed by atoms with Crippen molar-refractivity contribution in [2.24, 2.45) is 22.6 Å².